The number of hydrogen-bond donors (Lipinski definition) is 2. The second-order valence-corrected chi connectivity index (χ2v) is 18.3. The maximum Gasteiger partial charge on any atom is 0.324 e. The lowest BCUT2D eigenvalue weighted by Gasteiger charge is -2.36. The molecule has 65 heavy (non-hydrogen) atoms. The highest BCUT2D eigenvalue weighted by Gasteiger charge is 2.38. The number of esters is 1. The minimum absolute atomic E-state index is 0.0141. The number of nitrogens with one attached hydrogen (secondary N) is 2. The summed E-state index contributed by atoms with van der Waals surface area (Å²) in [5, 5.41) is 5.39. The van der Waals surface area contributed by atoms with Gasteiger partial charge in [-0.3, -0.25) is 38.9 Å². The Morgan fingerprint density at radius 1 is 1.11 bits per heavy atom. The van der Waals surface area contributed by atoms with E-state index >= 15 is 0 Å². The number of hydrazine groups is 1. The fourth-order valence-electron chi connectivity index (χ4n) is 9.43. The van der Waals surface area contributed by atoms with Crippen LogP contribution in [0, 0.1) is 11.3 Å². The number of pyridine rings is 2. The molecular formula is C50H62N8O7. The molecule has 6 bridgehead atoms. The van der Waals surface area contributed by atoms with E-state index in [4.69, 9.17) is 19.4 Å². The van der Waals surface area contributed by atoms with Gasteiger partial charge in [-0.25, -0.2) is 5.43 Å². The van der Waals surface area contributed by atoms with Crippen molar-refractivity contribution in [1.82, 2.24) is 40.1 Å². The van der Waals surface area contributed by atoms with Crippen LogP contribution in [0.1, 0.15) is 83.9 Å². The molecule has 0 saturated carbocycles. The molecule has 0 radical (unpaired) electrons. The maximum absolute atomic E-state index is 14.6. The minimum atomic E-state index is -1.14. The van der Waals surface area contributed by atoms with Gasteiger partial charge in [-0.15, -0.1) is 0 Å². The minimum Gasteiger partial charge on any atom is -0.464 e. The number of carbonyl (C=O) groups excluding carboxylic acids is 5. The maximum atomic E-state index is 14.6. The number of allylic oxidation sites excluding steroid dienone is 1. The third-order valence-corrected chi connectivity index (χ3v) is 12.8. The number of hydrogen-bond acceptors (Lipinski definition) is 10. The van der Waals surface area contributed by atoms with Gasteiger partial charge in [-0.1, -0.05) is 32.6 Å². The Kier molecular flexibility index (Phi) is 14.0. The van der Waals surface area contributed by atoms with Gasteiger partial charge in [0.1, 0.15) is 17.8 Å². The summed E-state index contributed by atoms with van der Waals surface area (Å²) in [6.45, 7) is 17.0. The van der Waals surface area contributed by atoms with E-state index in [1.807, 2.05) is 37.3 Å². The number of cyclic esters (lactones) is 1. The van der Waals surface area contributed by atoms with Crippen LogP contribution in [0.2, 0.25) is 0 Å². The predicted octanol–water partition coefficient (Wildman–Crippen LogP) is 5.93. The summed E-state index contributed by atoms with van der Waals surface area (Å²) in [4.78, 5) is 81.9. The first-order valence-electron chi connectivity index (χ1n) is 22.6. The Bertz CT molecular complexity index is 2540. The molecule has 4 aromatic rings. The van der Waals surface area contributed by atoms with Crippen molar-refractivity contribution < 1.29 is 33.4 Å². The van der Waals surface area contributed by atoms with E-state index in [1.165, 1.54) is 23.0 Å². The van der Waals surface area contributed by atoms with Crippen molar-refractivity contribution in [2.24, 2.45) is 11.3 Å². The van der Waals surface area contributed by atoms with Gasteiger partial charge in [0.2, 0.25) is 11.8 Å². The lowest BCUT2D eigenvalue weighted by molar-refractivity contribution is -0.155. The van der Waals surface area contributed by atoms with Crippen molar-refractivity contribution >= 4 is 40.5 Å². The topological polar surface area (TPSA) is 168 Å². The standard InChI is InChI=1S/C50H62N8O7/c1-10-42(59)56-24-21-33(28-56)47(61)55(8)44(30(3)4)46(60)53-40-26-34-15-12-17-38(52-34)32-19-20-41-36(25-32)37(45(57(41)11-2)35-16-13-22-51-43(35)31(5)64-9)27-50(6,7)29-65-49(63)39-18-14-23-58(54-39)48(40)62/h10,12-13,15-17,19-20,22,25,31,33,39-40,54H,1,11,14,18,21,23-24,26-29H2,2-9H3,(H,53,60)/t31-,33-,39-,40-/m0/s1. The normalized spacial score (nSPS) is 20.4. The Morgan fingerprint density at radius 2 is 1.89 bits per heavy atom. The van der Waals surface area contributed by atoms with Gasteiger partial charge in [0.25, 0.3) is 11.8 Å². The summed E-state index contributed by atoms with van der Waals surface area (Å²) in [6.07, 6.45) is 4.75. The average Bonchev–Trinajstić information content (AvgIpc) is 3.92. The summed E-state index contributed by atoms with van der Waals surface area (Å²) in [5.74, 6) is -2.62. The zero-order valence-corrected chi connectivity index (χ0v) is 38.9. The van der Waals surface area contributed by atoms with Gasteiger partial charge in [0.15, 0.2) is 0 Å². The van der Waals surface area contributed by atoms with Crippen molar-refractivity contribution in [1.29, 1.82) is 0 Å². The Morgan fingerprint density at radius 3 is 2.62 bits per heavy atom. The zero-order chi connectivity index (χ0) is 46.7. The number of amides is 4. The first-order chi connectivity index (χ1) is 31.0. The Labute approximate surface area is 381 Å². The molecule has 0 unspecified atom stereocenters. The highest BCUT2D eigenvalue weighted by molar-refractivity contribution is 6.01. The van der Waals surface area contributed by atoms with Crippen molar-refractivity contribution in [3.63, 3.8) is 0 Å². The second kappa shape index (κ2) is 19.5. The number of benzene rings is 1. The number of aromatic nitrogens is 3. The molecule has 2 fully saturated rings. The van der Waals surface area contributed by atoms with Crippen LogP contribution in [-0.4, -0.2) is 111 Å². The van der Waals surface area contributed by atoms with E-state index in [9.17, 15) is 24.0 Å². The summed E-state index contributed by atoms with van der Waals surface area (Å²) >= 11 is 0. The lowest BCUT2D eigenvalue weighted by atomic mass is 9.84. The first kappa shape index (κ1) is 46.8. The van der Waals surface area contributed by atoms with Crippen LogP contribution in [0.25, 0.3) is 33.4 Å². The fourth-order valence-corrected chi connectivity index (χ4v) is 9.43. The van der Waals surface area contributed by atoms with Crippen LogP contribution in [-0.2, 0) is 52.8 Å². The molecule has 4 amide bonds. The van der Waals surface area contributed by atoms with Gasteiger partial charge in [-0.05, 0) is 107 Å². The van der Waals surface area contributed by atoms with Crippen molar-refractivity contribution in [3.05, 3.63) is 95.6 Å². The molecule has 1 aromatic carbocycles. The van der Waals surface area contributed by atoms with Crippen molar-refractivity contribution in [2.45, 2.75) is 98.4 Å². The highest BCUT2D eigenvalue weighted by atomic mass is 16.5. The zero-order valence-electron chi connectivity index (χ0n) is 38.9. The van der Waals surface area contributed by atoms with E-state index in [-0.39, 0.29) is 43.2 Å². The Balaban J connectivity index is 1.30. The second-order valence-electron chi connectivity index (χ2n) is 18.3. The Hall–Kier alpha value is -6.19. The molecular weight excluding hydrogens is 825 g/mol. The summed E-state index contributed by atoms with van der Waals surface area (Å²) in [7, 11) is 3.22. The number of aryl methyl sites for hydroxylation is 1. The number of ether oxygens (including phenoxy) is 2. The average molecular weight is 887 g/mol. The van der Waals surface area contributed by atoms with E-state index < -0.39 is 41.2 Å². The molecule has 15 heteroatoms. The number of fused-ring (bicyclic) bond motifs is 6. The fraction of sp³-hybridized carbons (Fsp3) is 0.460. The third kappa shape index (κ3) is 9.76. The molecule has 344 valence electrons. The molecule has 6 heterocycles. The number of methoxy groups -OCH3 is 1. The van der Waals surface area contributed by atoms with Crippen LogP contribution in [0.15, 0.2) is 78.7 Å². The van der Waals surface area contributed by atoms with Gasteiger partial charge in [-0.2, -0.15) is 0 Å². The van der Waals surface area contributed by atoms with E-state index in [2.05, 4.69) is 60.9 Å². The van der Waals surface area contributed by atoms with Gasteiger partial charge >= 0.3 is 5.97 Å². The molecule has 3 aromatic heterocycles. The van der Waals surface area contributed by atoms with Crippen LogP contribution in [0.3, 0.4) is 0 Å². The van der Waals surface area contributed by atoms with Crippen LogP contribution < -0.4 is 10.7 Å². The summed E-state index contributed by atoms with van der Waals surface area (Å²) in [5.41, 5.74) is 10.3. The van der Waals surface area contributed by atoms with Gasteiger partial charge in [0, 0.05) is 86.1 Å². The van der Waals surface area contributed by atoms with Gasteiger partial charge in [0.05, 0.1) is 35.7 Å². The number of rotatable bonds is 9. The quantitative estimate of drug-likeness (QED) is 0.152. The van der Waals surface area contributed by atoms with Crippen molar-refractivity contribution in [2.75, 3.05) is 40.4 Å². The summed E-state index contributed by atoms with van der Waals surface area (Å²) in [6, 6.07) is 14.1. The molecule has 0 aliphatic carbocycles. The monoisotopic (exact) mass is 886 g/mol. The molecule has 3 aliphatic heterocycles. The lowest BCUT2D eigenvalue weighted by Crippen LogP contribution is -2.60. The first-order valence-corrected chi connectivity index (χ1v) is 22.6. The molecule has 4 atom stereocenters. The molecule has 7 rings (SSSR count). The number of likely N-dealkylation sites (tertiary alicyclic amines) is 1. The van der Waals surface area contributed by atoms with Crippen LogP contribution in [0.5, 0.6) is 0 Å². The van der Waals surface area contributed by atoms with Gasteiger partial charge < -0.3 is 29.2 Å². The molecule has 2 N–H and O–H groups in total. The van der Waals surface area contributed by atoms with Crippen LogP contribution >= 0.6 is 0 Å². The molecule has 3 aliphatic rings. The molecule has 0 spiro atoms. The molecule has 2 saturated heterocycles. The SMILES string of the molecule is C=CC(=O)N1CC[C@H](C(=O)N(C)C(C(=O)N[C@H]2Cc3cccc(n3)-c3ccc4c(c3)c(c(-c3cccnc3[C@H](C)OC)n4CC)CC(C)(C)COC(=O)[C@@H]3CCCN(N3)C2=O)=C(C)C)C1. The number of carbonyl (C=O) groups is 5. The van der Waals surface area contributed by atoms with E-state index in [1.54, 1.807) is 32.1 Å². The van der Waals surface area contributed by atoms with Crippen LogP contribution in [0.4, 0.5) is 0 Å². The molecule has 15 nitrogen and oxygen atoms in total. The highest BCUT2D eigenvalue weighted by Crippen LogP contribution is 2.42. The smallest absolute Gasteiger partial charge is 0.324 e. The predicted molar refractivity (Wildman–Crippen MR) is 247 cm³/mol. The third-order valence-electron chi connectivity index (χ3n) is 12.8. The van der Waals surface area contributed by atoms with E-state index in [0.29, 0.717) is 62.3 Å². The summed E-state index contributed by atoms with van der Waals surface area (Å²) < 4.78 is 14.2. The largest absolute Gasteiger partial charge is 0.464 e. The van der Waals surface area contributed by atoms with Crippen molar-refractivity contribution in [3.8, 4) is 22.5 Å². The number of nitrogens with zero attached hydrogens (tertiary/aromatic N) is 6. The van der Waals surface area contributed by atoms with E-state index in [0.717, 1.165) is 39.0 Å². The number of likely N-dealkylation sites (N-methyl/N-ethyl adjacent to an activating group) is 1.